The first-order valence-corrected chi connectivity index (χ1v) is 9.58. The zero-order valence-electron chi connectivity index (χ0n) is 16.0. The number of hydrogen-bond acceptors (Lipinski definition) is 6. The number of aryl methyl sites for hydroxylation is 1. The van der Waals surface area contributed by atoms with Crippen molar-refractivity contribution in [3.63, 3.8) is 0 Å². The number of carbonyl (C=O) groups is 3. The van der Waals surface area contributed by atoms with Crippen LogP contribution in [0.25, 0.3) is 6.08 Å². The number of rotatable bonds is 5. The molecule has 1 N–H and O–H groups in total. The molecule has 10 heteroatoms. The molecule has 3 rings (SSSR count). The van der Waals surface area contributed by atoms with E-state index in [4.69, 9.17) is 4.74 Å². The van der Waals surface area contributed by atoms with Crippen molar-refractivity contribution in [2.45, 2.75) is 13.3 Å². The Morgan fingerprint density at radius 1 is 1.20 bits per heavy atom. The van der Waals surface area contributed by atoms with Gasteiger partial charge in [0.05, 0.1) is 22.2 Å². The Balaban J connectivity index is 2.05. The van der Waals surface area contributed by atoms with Gasteiger partial charge in [0, 0.05) is 6.07 Å². The second-order valence-corrected chi connectivity index (χ2v) is 7.14. The minimum Gasteiger partial charge on any atom is -0.489 e. The molecule has 2 aromatic rings. The molecule has 0 saturated carbocycles. The van der Waals surface area contributed by atoms with E-state index in [2.05, 4.69) is 21.2 Å². The van der Waals surface area contributed by atoms with Crippen molar-refractivity contribution in [1.82, 2.24) is 5.32 Å². The van der Waals surface area contributed by atoms with Crippen LogP contribution in [-0.4, -0.2) is 29.9 Å². The van der Waals surface area contributed by atoms with Gasteiger partial charge in [0.1, 0.15) is 5.57 Å². The lowest BCUT2D eigenvalue weighted by Gasteiger charge is -2.26. The molecule has 0 atom stereocenters. The Hall–Kier alpha value is -3.53. The molecular formula is C20H16BrN3O6. The van der Waals surface area contributed by atoms with E-state index in [9.17, 15) is 24.5 Å². The molecule has 0 aliphatic carbocycles. The summed E-state index contributed by atoms with van der Waals surface area (Å²) in [6, 6.07) is 8.55. The molecule has 0 bridgehead atoms. The van der Waals surface area contributed by atoms with Crippen molar-refractivity contribution >= 4 is 51.2 Å². The second kappa shape index (κ2) is 8.46. The number of nitrogens with zero attached hydrogens (tertiary/aromatic N) is 2. The van der Waals surface area contributed by atoms with Gasteiger partial charge >= 0.3 is 11.7 Å². The summed E-state index contributed by atoms with van der Waals surface area (Å²) in [5, 5.41) is 13.4. The van der Waals surface area contributed by atoms with Gasteiger partial charge in [-0.05, 0) is 57.8 Å². The SMILES string of the molecule is CCc1ccc(N2C(=O)NC(=O)/C(=C/c3cc(Br)c(OC)c([N+](=O)[O-])c3)C2=O)cc1. The lowest BCUT2D eigenvalue weighted by Crippen LogP contribution is -2.54. The van der Waals surface area contributed by atoms with E-state index in [1.54, 1.807) is 24.3 Å². The minimum absolute atomic E-state index is 0.00869. The van der Waals surface area contributed by atoms with Crippen molar-refractivity contribution in [2.24, 2.45) is 0 Å². The predicted octanol–water partition coefficient (Wildman–Crippen LogP) is 3.59. The van der Waals surface area contributed by atoms with E-state index in [0.717, 1.165) is 16.9 Å². The maximum Gasteiger partial charge on any atom is 0.335 e. The number of urea groups is 1. The maximum absolute atomic E-state index is 12.9. The fourth-order valence-electron chi connectivity index (χ4n) is 2.96. The fraction of sp³-hybridized carbons (Fsp3) is 0.150. The van der Waals surface area contributed by atoms with Gasteiger partial charge in [-0.25, -0.2) is 9.69 Å². The number of hydrogen-bond donors (Lipinski definition) is 1. The van der Waals surface area contributed by atoms with Gasteiger partial charge in [-0.15, -0.1) is 0 Å². The van der Waals surface area contributed by atoms with Gasteiger partial charge in [-0.3, -0.25) is 25.0 Å². The van der Waals surface area contributed by atoms with Crippen LogP contribution < -0.4 is 15.0 Å². The third kappa shape index (κ3) is 3.94. The molecule has 1 saturated heterocycles. The molecule has 0 aromatic heterocycles. The average Bonchev–Trinajstić information content (AvgIpc) is 2.71. The first-order chi connectivity index (χ1) is 14.3. The van der Waals surface area contributed by atoms with E-state index < -0.39 is 22.8 Å². The fourth-order valence-corrected chi connectivity index (χ4v) is 3.59. The highest BCUT2D eigenvalue weighted by atomic mass is 79.9. The van der Waals surface area contributed by atoms with Gasteiger partial charge in [0.25, 0.3) is 11.8 Å². The Kier molecular flexibility index (Phi) is 5.97. The van der Waals surface area contributed by atoms with Gasteiger partial charge in [0.15, 0.2) is 0 Å². The number of methoxy groups -OCH3 is 1. The van der Waals surface area contributed by atoms with E-state index in [1.807, 2.05) is 6.92 Å². The summed E-state index contributed by atoms with van der Waals surface area (Å²) in [4.78, 5) is 49.1. The number of ether oxygens (including phenoxy) is 1. The van der Waals surface area contributed by atoms with E-state index in [-0.39, 0.29) is 27.0 Å². The van der Waals surface area contributed by atoms with Gasteiger partial charge in [0.2, 0.25) is 5.75 Å². The number of nitro benzene ring substituents is 1. The molecule has 154 valence electrons. The Bertz CT molecular complexity index is 1090. The van der Waals surface area contributed by atoms with Crippen LogP contribution >= 0.6 is 15.9 Å². The third-order valence-corrected chi connectivity index (χ3v) is 5.05. The summed E-state index contributed by atoms with van der Waals surface area (Å²) >= 11 is 3.18. The Morgan fingerprint density at radius 2 is 1.87 bits per heavy atom. The van der Waals surface area contributed by atoms with Crippen LogP contribution in [0.1, 0.15) is 18.1 Å². The molecule has 0 spiro atoms. The predicted molar refractivity (Wildman–Crippen MR) is 112 cm³/mol. The first kappa shape index (κ1) is 21.2. The minimum atomic E-state index is -0.888. The lowest BCUT2D eigenvalue weighted by atomic mass is 10.1. The quantitative estimate of drug-likeness (QED) is 0.306. The van der Waals surface area contributed by atoms with Gasteiger partial charge in [-0.1, -0.05) is 19.1 Å². The number of barbiturate groups is 1. The second-order valence-electron chi connectivity index (χ2n) is 6.29. The van der Waals surface area contributed by atoms with Crippen LogP contribution in [0.5, 0.6) is 5.75 Å². The number of benzene rings is 2. The number of imide groups is 2. The highest BCUT2D eigenvalue weighted by molar-refractivity contribution is 9.10. The highest BCUT2D eigenvalue weighted by Gasteiger charge is 2.37. The standard InChI is InChI=1S/C20H16BrN3O6/c1-3-11-4-6-13(7-5-11)23-19(26)14(18(25)22-20(23)27)8-12-9-15(21)17(30-2)16(10-12)24(28)29/h4-10H,3H2,1-2H3,(H,22,25,27)/b14-8-. The summed E-state index contributed by atoms with van der Waals surface area (Å²) < 4.78 is 5.30. The smallest absolute Gasteiger partial charge is 0.335 e. The number of halogens is 1. The molecule has 1 heterocycles. The molecule has 1 fully saturated rings. The van der Waals surface area contributed by atoms with Crippen molar-refractivity contribution < 1.29 is 24.0 Å². The van der Waals surface area contributed by atoms with Gasteiger partial charge < -0.3 is 4.74 Å². The van der Waals surface area contributed by atoms with Crippen LogP contribution in [0.3, 0.4) is 0 Å². The summed E-state index contributed by atoms with van der Waals surface area (Å²) in [6.45, 7) is 1.97. The summed E-state index contributed by atoms with van der Waals surface area (Å²) in [5.41, 5.74) is 0.857. The highest BCUT2D eigenvalue weighted by Crippen LogP contribution is 2.37. The zero-order chi connectivity index (χ0) is 22.0. The maximum atomic E-state index is 12.9. The topological polar surface area (TPSA) is 119 Å². The summed E-state index contributed by atoms with van der Waals surface area (Å²) in [6.07, 6.45) is 1.98. The van der Waals surface area contributed by atoms with Crippen molar-refractivity contribution in [3.05, 3.63) is 67.7 Å². The van der Waals surface area contributed by atoms with Gasteiger partial charge in [-0.2, -0.15) is 0 Å². The molecule has 2 aromatic carbocycles. The monoisotopic (exact) mass is 473 g/mol. The van der Waals surface area contributed by atoms with E-state index in [0.29, 0.717) is 5.69 Å². The largest absolute Gasteiger partial charge is 0.489 e. The number of nitrogens with one attached hydrogen (secondary N) is 1. The molecule has 30 heavy (non-hydrogen) atoms. The normalized spacial score (nSPS) is 15.4. The molecule has 4 amide bonds. The van der Waals surface area contributed by atoms with Crippen LogP contribution in [0.15, 0.2) is 46.4 Å². The Morgan fingerprint density at radius 3 is 2.43 bits per heavy atom. The average molecular weight is 474 g/mol. The summed E-state index contributed by atoms with van der Waals surface area (Å²) in [5.74, 6) is -1.71. The van der Waals surface area contributed by atoms with E-state index in [1.165, 1.54) is 25.3 Å². The number of nitro groups is 1. The lowest BCUT2D eigenvalue weighted by molar-refractivity contribution is -0.385. The van der Waals surface area contributed by atoms with E-state index >= 15 is 0 Å². The van der Waals surface area contributed by atoms with Crippen molar-refractivity contribution in [3.8, 4) is 5.75 Å². The van der Waals surface area contributed by atoms with Crippen LogP contribution in [-0.2, 0) is 16.0 Å². The van der Waals surface area contributed by atoms with Crippen LogP contribution in [0.4, 0.5) is 16.2 Å². The van der Waals surface area contributed by atoms with Crippen molar-refractivity contribution in [1.29, 1.82) is 0 Å². The van der Waals surface area contributed by atoms with Crippen molar-refractivity contribution in [2.75, 3.05) is 12.0 Å². The van der Waals surface area contributed by atoms with Crippen LogP contribution in [0.2, 0.25) is 0 Å². The molecule has 1 aliphatic heterocycles. The summed E-state index contributed by atoms with van der Waals surface area (Å²) in [7, 11) is 1.29. The third-order valence-electron chi connectivity index (χ3n) is 4.46. The molecule has 1 aliphatic rings. The number of anilines is 1. The number of carbonyl (C=O) groups excluding carboxylic acids is 3. The number of amides is 4. The van der Waals surface area contributed by atoms with Crippen LogP contribution in [0, 0.1) is 10.1 Å². The Labute approximate surface area is 179 Å². The molecular weight excluding hydrogens is 458 g/mol. The molecule has 9 nitrogen and oxygen atoms in total. The molecule has 0 radical (unpaired) electrons. The zero-order valence-corrected chi connectivity index (χ0v) is 17.6. The molecule has 0 unspecified atom stereocenters. The first-order valence-electron chi connectivity index (χ1n) is 8.79.